The molecular weight excluding hydrogens is 395 g/mol. The van der Waals surface area contributed by atoms with E-state index < -0.39 is 0 Å². The summed E-state index contributed by atoms with van der Waals surface area (Å²) in [7, 11) is 0. The topological polar surface area (TPSA) is 55.1 Å². The van der Waals surface area contributed by atoms with E-state index >= 15 is 0 Å². The van der Waals surface area contributed by atoms with Crippen molar-refractivity contribution in [2.24, 2.45) is 5.73 Å². The van der Waals surface area contributed by atoms with E-state index in [2.05, 4.69) is 43.8 Å². The van der Waals surface area contributed by atoms with Gasteiger partial charge >= 0.3 is 0 Å². The van der Waals surface area contributed by atoms with Crippen LogP contribution in [-0.4, -0.2) is 18.0 Å². The molecule has 0 heterocycles. The summed E-state index contributed by atoms with van der Waals surface area (Å²) in [5, 5.41) is 3.02. The molecule has 0 bridgehead atoms. The highest BCUT2D eigenvalue weighted by molar-refractivity contribution is 14.1. The van der Waals surface area contributed by atoms with Crippen molar-refractivity contribution in [2.75, 3.05) is 0 Å². The molecule has 1 saturated carbocycles. The number of carbonyl (C=O) groups excluding carboxylic acids is 1. The fraction of sp³-hybridized carbons (Fsp3) is 0.417. The minimum atomic E-state index is -0.0296. The molecule has 1 aromatic carbocycles. The van der Waals surface area contributed by atoms with Crippen molar-refractivity contribution in [1.29, 1.82) is 0 Å². The second-order valence-corrected chi connectivity index (χ2v) is 6.38. The number of nitrogens with one attached hydrogen (secondary N) is 1. The highest BCUT2D eigenvalue weighted by atomic mass is 127. The third-order valence-corrected chi connectivity index (χ3v) is 4.49. The molecule has 1 aliphatic carbocycles. The first-order chi connectivity index (χ1) is 8.08. The maximum Gasteiger partial charge on any atom is 0.252 e. The van der Waals surface area contributed by atoms with Crippen molar-refractivity contribution >= 4 is 44.4 Å². The summed E-state index contributed by atoms with van der Waals surface area (Å²) in [4.78, 5) is 12.1. The summed E-state index contributed by atoms with van der Waals surface area (Å²) in [5.74, 6) is -0.0296. The molecule has 92 valence electrons. The Bertz CT molecular complexity index is 439. The number of amides is 1. The Labute approximate surface area is 123 Å². The molecule has 3 nitrogen and oxygen atoms in total. The standard InChI is InChI=1S/C12H14BrIN2O/c13-7-4-5-9(14)8(6-7)12(17)16-11-3-1-2-10(11)15/h4-6,10-11H,1-3,15H2,(H,16,17). The lowest BCUT2D eigenvalue weighted by atomic mass is 10.1. The Balaban J connectivity index is 2.11. The fourth-order valence-corrected chi connectivity index (χ4v) is 3.03. The Morgan fingerprint density at radius 1 is 1.47 bits per heavy atom. The van der Waals surface area contributed by atoms with Crippen LogP contribution in [0.3, 0.4) is 0 Å². The maximum absolute atomic E-state index is 12.1. The van der Waals surface area contributed by atoms with Crippen molar-refractivity contribution in [3.63, 3.8) is 0 Å². The predicted octanol–water partition coefficient (Wildman–Crippen LogP) is 2.66. The van der Waals surface area contributed by atoms with Gasteiger partial charge in [-0.05, 0) is 60.1 Å². The third-order valence-electron chi connectivity index (χ3n) is 3.06. The second kappa shape index (κ2) is 5.67. The molecule has 17 heavy (non-hydrogen) atoms. The van der Waals surface area contributed by atoms with Gasteiger partial charge in [-0.3, -0.25) is 4.79 Å². The van der Waals surface area contributed by atoms with E-state index in [0.717, 1.165) is 27.3 Å². The normalized spacial score (nSPS) is 23.7. The van der Waals surface area contributed by atoms with Crippen LogP contribution in [0.15, 0.2) is 22.7 Å². The van der Waals surface area contributed by atoms with Crippen molar-refractivity contribution < 1.29 is 4.79 Å². The van der Waals surface area contributed by atoms with E-state index in [1.54, 1.807) is 0 Å². The van der Waals surface area contributed by atoms with E-state index in [0.29, 0.717) is 5.56 Å². The molecule has 2 rings (SSSR count). The second-order valence-electron chi connectivity index (χ2n) is 4.30. The number of hydrogen-bond donors (Lipinski definition) is 2. The van der Waals surface area contributed by atoms with Crippen LogP contribution in [0.5, 0.6) is 0 Å². The van der Waals surface area contributed by atoms with Gasteiger partial charge in [0.2, 0.25) is 0 Å². The van der Waals surface area contributed by atoms with Gasteiger partial charge in [-0.1, -0.05) is 15.9 Å². The summed E-state index contributed by atoms with van der Waals surface area (Å²) in [5.41, 5.74) is 6.65. The van der Waals surface area contributed by atoms with Gasteiger partial charge < -0.3 is 11.1 Å². The molecule has 3 N–H and O–H groups in total. The van der Waals surface area contributed by atoms with Crippen molar-refractivity contribution in [2.45, 2.75) is 31.3 Å². The van der Waals surface area contributed by atoms with Gasteiger partial charge in [0.15, 0.2) is 0 Å². The number of carbonyl (C=O) groups is 1. The van der Waals surface area contributed by atoms with Crippen LogP contribution in [0.1, 0.15) is 29.6 Å². The molecule has 0 aromatic heterocycles. The van der Waals surface area contributed by atoms with Crippen LogP contribution in [-0.2, 0) is 0 Å². The van der Waals surface area contributed by atoms with Crippen LogP contribution in [0, 0.1) is 3.57 Å². The van der Waals surface area contributed by atoms with Crippen LogP contribution in [0.2, 0.25) is 0 Å². The SMILES string of the molecule is NC1CCCC1NC(=O)c1cc(Br)ccc1I. The number of rotatable bonds is 2. The third kappa shape index (κ3) is 3.20. The van der Waals surface area contributed by atoms with Crippen molar-refractivity contribution in [3.8, 4) is 0 Å². The Morgan fingerprint density at radius 3 is 2.88 bits per heavy atom. The zero-order valence-corrected chi connectivity index (χ0v) is 13.0. The molecule has 1 aromatic rings. The molecule has 0 spiro atoms. The van der Waals surface area contributed by atoms with E-state index in [9.17, 15) is 4.79 Å². The number of hydrogen-bond acceptors (Lipinski definition) is 2. The fourth-order valence-electron chi connectivity index (χ4n) is 2.09. The molecule has 1 aliphatic rings. The number of nitrogens with two attached hydrogens (primary N) is 1. The Morgan fingerprint density at radius 2 is 2.24 bits per heavy atom. The lowest BCUT2D eigenvalue weighted by Crippen LogP contribution is -2.44. The van der Waals surface area contributed by atoms with E-state index in [4.69, 9.17) is 5.73 Å². The summed E-state index contributed by atoms with van der Waals surface area (Å²) < 4.78 is 1.87. The molecule has 2 atom stereocenters. The number of benzene rings is 1. The molecule has 5 heteroatoms. The van der Waals surface area contributed by atoms with Crippen LogP contribution >= 0.6 is 38.5 Å². The quantitative estimate of drug-likeness (QED) is 0.739. The summed E-state index contributed by atoms with van der Waals surface area (Å²) in [6, 6.07) is 5.92. The molecule has 0 aliphatic heterocycles. The van der Waals surface area contributed by atoms with Gasteiger partial charge in [0.1, 0.15) is 0 Å². The first kappa shape index (κ1) is 13.3. The summed E-state index contributed by atoms with van der Waals surface area (Å²) in [6.07, 6.45) is 3.08. The van der Waals surface area contributed by atoms with Gasteiger partial charge in [-0.15, -0.1) is 0 Å². The number of halogens is 2. The minimum absolute atomic E-state index is 0.0296. The Kier molecular flexibility index (Phi) is 4.43. The zero-order valence-electron chi connectivity index (χ0n) is 9.25. The Hall–Kier alpha value is -0.140. The van der Waals surface area contributed by atoms with Gasteiger partial charge in [0.05, 0.1) is 5.56 Å². The van der Waals surface area contributed by atoms with Crippen LogP contribution in [0.4, 0.5) is 0 Å². The highest BCUT2D eigenvalue weighted by Crippen LogP contribution is 2.21. The summed E-state index contributed by atoms with van der Waals surface area (Å²) in [6.45, 7) is 0. The molecule has 0 saturated heterocycles. The predicted molar refractivity (Wildman–Crippen MR) is 79.9 cm³/mol. The lowest BCUT2D eigenvalue weighted by Gasteiger charge is -2.17. The average Bonchev–Trinajstić information content (AvgIpc) is 2.68. The average molecular weight is 409 g/mol. The van der Waals surface area contributed by atoms with Gasteiger partial charge in [-0.2, -0.15) is 0 Å². The minimum Gasteiger partial charge on any atom is -0.348 e. The first-order valence-electron chi connectivity index (χ1n) is 5.59. The highest BCUT2D eigenvalue weighted by Gasteiger charge is 2.26. The first-order valence-corrected chi connectivity index (χ1v) is 7.46. The van der Waals surface area contributed by atoms with Gasteiger partial charge in [-0.25, -0.2) is 0 Å². The summed E-state index contributed by atoms with van der Waals surface area (Å²) >= 11 is 5.55. The maximum atomic E-state index is 12.1. The van der Waals surface area contributed by atoms with Crippen molar-refractivity contribution in [1.82, 2.24) is 5.32 Å². The molecule has 0 radical (unpaired) electrons. The monoisotopic (exact) mass is 408 g/mol. The molecule has 2 unspecified atom stereocenters. The van der Waals surface area contributed by atoms with Gasteiger partial charge in [0, 0.05) is 20.1 Å². The zero-order chi connectivity index (χ0) is 12.4. The van der Waals surface area contributed by atoms with Gasteiger partial charge in [0.25, 0.3) is 5.91 Å². The van der Waals surface area contributed by atoms with Crippen LogP contribution < -0.4 is 11.1 Å². The lowest BCUT2D eigenvalue weighted by molar-refractivity contribution is 0.0933. The molecular formula is C12H14BrIN2O. The van der Waals surface area contributed by atoms with Crippen LogP contribution in [0.25, 0.3) is 0 Å². The smallest absolute Gasteiger partial charge is 0.252 e. The molecule has 1 fully saturated rings. The largest absolute Gasteiger partial charge is 0.348 e. The van der Waals surface area contributed by atoms with E-state index in [-0.39, 0.29) is 18.0 Å². The molecule has 1 amide bonds. The van der Waals surface area contributed by atoms with Crippen molar-refractivity contribution in [3.05, 3.63) is 31.8 Å². The van der Waals surface area contributed by atoms with E-state index in [1.165, 1.54) is 0 Å². The van der Waals surface area contributed by atoms with E-state index in [1.807, 2.05) is 18.2 Å².